The second-order valence-corrected chi connectivity index (χ2v) is 9.12. The van der Waals surface area contributed by atoms with E-state index in [1.165, 1.54) is 24.7 Å². The van der Waals surface area contributed by atoms with Gasteiger partial charge < -0.3 is 5.73 Å². The van der Waals surface area contributed by atoms with Crippen molar-refractivity contribution in [2.45, 2.75) is 18.7 Å². The number of hydrogen-bond donors (Lipinski definition) is 1. The number of fused-ring (bicyclic) bond motifs is 1. The molecular formula is C22H20N4O2S. The molecule has 0 unspecified atom stereocenters. The number of nitrogens with zero attached hydrogens (tertiary/aromatic N) is 3. The van der Waals surface area contributed by atoms with Crippen LogP contribution in [0.1, 0.15) is 11.1 Å². The number of aromatic nitrogens is 3. The quantitative estimate of drug-likeness (QED) is 0.519. The molecule has 0 spiro atoms. The fourth-order valence-electron chi connectivity index (χ4n) is 3.32. The molecule has 0 fully saturated rings. The van der Waals surface area contributed by atoms with Crippen LogP contribution in [0.15, 0.2) is 59.8 Å². The minimum atomic E-state index is -3.49. The number of benzene rings is 2. The summed E-state index contributed by atoms with van der Waals surface area (Å²) in [6.07, 6.45) is 4.17. The fraction of sp³-hybridized carbons (Fsp3) is 0.136. The van der Waals surface area contributed by atoms with Crippen LogP contribution >= 0.6 is 0 Å². The molecule has 29 heavy (non-hydrogen) atoms. The summed E-state index contributed by atoms with van der Waals surface area (Å²) in [7, 11) is -3.49. The van der Waals surface area contributed by atoms with Gasteiger partial charge in [-0.15, -0.1) is 0 Å². The topological polar surface area (TPSA) is 98.8 Å². The fourth-order valence-corrected chi connectivity index (χ4v) is 4.18. The number of nitrogens with two attached hydrogens (primary N) is 1. The molecule has 2 heterocycles. The monoisotopic (exact) mass is 404 g/mol. The maximum Gasteiger partial charge on any atom is 0.176 e. The van der Waals surface area contributed by atoms with E-state index in [-0.39, 0.29) is 4.90 Å². The first-order valence-corrected chi connectivity index (χ1v) is 10.9. The number of anilines is 1. The van der Waals surface area contributed by atoms with Crippen LogP contribution in [-0.2, 0) is 9.84 Å². The molecule has 0 aliphatic carbocycles. The Morgan fingerprint density at radius 2 is 1.59 bits per heavy atom. The molecule has 2 aromatic heterocycles. The van der Waals surface area contributed by atoms with Gasteiger partial charge in [-0.05, 0) is 49.7 Å². The number of rotatable bonds is 3. The summed E-state index contributed by atoms with van der Waals surface area (Å²) >= 11 is 0. The summed E-state index contributed by atoms with van der Waals surface area (Å²) in [6, 6.07) is 12.9. The van der Waals surface area contributed by atoms with Crippen LogP contribution in [-0.4, -0.2) is 29.6 Å². The lowest BCUT2D eigenvalue weighted by atomic mass is 9.98. The van der Waals surface area contributed by atoms with Gasteiger partial charge in [0.15, 0.2) is 9.84 Å². The van der Waals surface area contributed by atoms with Gasteiger partial charge in [-0.2, -0.15) is 0 Å². The van der Waals surface area contributed by atoms with Crippen molar-refractivity contribution in [2.75, 3.05) is 12.0 Å². The molecule has 0 bridgehead atoms. The number of hydrogen-bond acceptors (Lipinski definition) is 6. The van der Waals surface area contributed by atoms with Crippen molar-refractivity contribution < 1.29 is 8.42 Å². The molecule has 0 aliphatic heterocycles. The van der Waals surface area contributed by atoms with Crippen LogP contribution in [0.5, 0.6) is 0 Å². The van der Waals surface area contributed by atoms with Gasteiger partial charge in [-0.25, -0.2) is 18.4 Å². The summed E-state index contributed by atoms with van der Waals surface area (Å²) < 4.78 is 24.8. The highest BCUT2D eigenvalue weighted by atomic mass is 32.2. The molecule has 0 amide bonds. The van der Waals surface area contributed by atoms with Crippen molar-refractivity contribution in [3.8, 4) is 22.5 Å². The third kappa shape index (κ3) is 3.56. The van der Waals surface area contributed by atoms with Crippen LogP contribution < -0.4 is 5.73 Å². The lowest BCUT2D eigenvalue weighted by Gasteiger charge is -2.15. The van der Waals surface area contributed by atoms with Crippen molar-refractivity contribution in [1.82, 2.24) is 15.0 Å². The molecule has 0 saturated carbocycles. The maximum atomic E-state index is 12.4. The van der Waals surface area contributed by atoms with Crippen molar-refractivity contribution in [3.63, 3.8) is 0 Å². The number of nitrogen functional groups attached to an aromatic ring is 1. The van der Waals surface area contributed by atoms with Gasteiger partial charge in [0.1, 0.15) is 5.69 Å². The Labute approximate surface area is 169 Å². The zero-order chi connectivity index (χ0) is 20.8. The Kier molecular flexibility index (Phi) is 4.55. The minimum absolute atomic E-state index is 0.170. The van der Waals surface area contributed by atoms with Gasteiger partial charge in [0, 0.05) is 35.5 Å². The molecule has 146 valence electrons. The average molecular weight is 404 g/mol. The van der Waals surface area contributed by atoms with Crippen molar-refractivity contribution in [1.29, 1.82) is 0 Å². The van der Waals surface area contributed by atoms with Gasteiger partial charge in [-0.1, -0.05) is 17.7 Å². The Balaban J connectivity index is 2.14. The molecule has 0 radical (unpaired) electrons. The molecule has 0 aliphatic rings. The lowest BCUT2D eigenvalue weighted by Crippen LogP contribution is -2.04. The first-order valence-electron chi connectivity index (χ1n) is 9.03. The van der Waals surface area contributed by atoms with Crippen molar-refractivity contribution >= 4 is 26.6 Å². The van der Waals surface area contributed by atoms with E-state index >= 15 is 0 Å². The van der Waals surface area contributed by atoms with Gasteiger partial charge in [-0.3, -0.25) is 4.98 Å². The third-order valence-electron chi connectivity index (χ3n) is 4.77. The lowest BCUT2D eigenvalue weighted by molar-refractivity contribution is 0.602. The summed E-state index contributed by atoms with van der Waals surface area (Å²) in [6.45, 7) is 3.99. The second kappa shape index (κ2) is 6.93. The number of pyridine rings is 1. The first-order chi connectivity index (χ1) is 13.7. The van der Waals surface area contributed by atoms with E-state index in [0.717, 1.165) is 16.7 Å². The van der Waals surface area contributed by atoms with E-state index in [1.807, 2.05) is 32.0 Å². The highest BCUT2D eigenvalue weighted by molar-refractivity contribution is 7.90. The molecule has 4 aromatic rings. The summed E-state index contributed by atoms with van der Waals surface area (Å²) in [4.78, 5) is 13.9. The summed E-state index contributed by atoms with van der Waals surface area (Å²) in [5.74, 6) is 0. The normalized spacial score (nSPS) is 11.7. The SMILES string of the molecule is Cc1ccc(C)c(-c2nc3cc(N)ccc3nc2-c2cnccc2S(C)(=O)=O)c1. The number of aryl methyl sites for hydroxylation is 2. The zero-order valence-electron chi connectivity index (χ0n) is 16.3. The van der Waals surface area contributed by atoms with Crippen LogP contribution in [0.3, 0.4) is 0 Å². The van der Waals surface area contributed by atoms with E-state index in [1.54, 1.807) is 18.2 Å². The van der Waals surface area contributed by atoms with Crippen LogP contribution in [0.2, 0.25) is 0 Å². The highest BCUT2D eigenvalue weighted by Gasteiger charge is 2.21. The Bertz CT molecular complexity index is 1360. The van der Waals surface area contributed by atoms with Crippen LogP contribution in [0, 0.1) is 13.8 Å². The molecular weight excluding hydrogens is 384 g/mol. The average Bonchev–Trinajstić information content (AvgIpc) is 2.68. The molecule has 0 atom stereocenters. The van der Waals surface area contributed by atoms with Gasteiger partial charge in [0.05, 0.1) is 21.6 Å². The molecule has 6 nitrogen and oxygen atoms in total. The van der Waals surface area contributed by atoms with E-state index in [2.05, 4.69) is 4.98 Å². The predicted octanol–water partition coefficient (Wildman–Crippen LogP) is 3.96. The smallest absolute Gasteiger partial charge is 0.176 e. The molecule has 0 saturated heterocycles. The Morgan fingerprint density at radius 3 is 2.34 bits per heavy atom. The van der Waals surface area contributed by atoms with Crippen molar-refractivity contribution in [2.24, 2.45) is 0 Å². The Hall–Kier alpha value is -3.32. The molecule has 4 rings (SSSR count). The molecule has 7 heteroatoms. The van der Waals surface area contributed by atoms with Crippen LogP contribution in [0.25, 0.3) is 33.5 Å². The first kappa shape index (κ1) is 19.0. The van der Waals surface area contributed by atoms with E-state index in [4.69, 9.17) is 15.7 Å². The predicted molar refractivity (Wildman–Crippen MR) is 115 cm³/mol. The number of sulfone groups is 1. The van der Waals surface area contributed by atoms with Gasteiger partial charge in [0.25, 0.3) is 0 Å². The largest absolute Gasteiger partial charge is 0.399 e. The van der Waals surface area contributed by atoms with Crippen molar-refractivity contribution in [3.05, 3.63) is 66.0 Å². The molecule has 2 N–H and O–H groups in total. The maximum absolute atomic E-state index is 12.4. The second-order valence-electron chi connectivity index (χ2n) is 7.13. The van der Waals surface area contributed by atoms with Crippen LogP contribution in [0.4, 0.5) is 5.69 Å². The molecule has 2 aromatic carbocycles. The van der Waals surface area contributed by atoms with E-state index < -0.39 is 9.84 Å². The third-order valence-corrected chi connectivity index (χ3v) is 5.93. The highest BCUT2D eigenvalue weighted by Crippen LogP contribution is 2.36. The Morgan fingerprint density at radius 1 is 0.862 bits per heavy atom. The van der Waals surface area contributed by atoms with E-state index in [9.17, 15) is 8.42 Å². The zero-order valence-corrected chi connectivity index (χ0v) is 17.2. The summed E-state index contributed by atoms with van der Waals surface area (Å²) in [5, 5.41) is 0. The standard InChI is InChI=1S/C22H20N4O2S/c1-13-4-5-14(2)16(10-13)21-22(17-12-24-9-8-20(17)29(3,27)28)25-18-7-6-15(23)11-19(18)26-21/h4-12H,23H2,1-3H3. The minimum Gasteiger partial charge on any atom is -0.399 e. The van der Waals surface area contributed by atoms with Gasteiger partial charge in [0.2, 0.25) is 0 Å². The van der Waals surface area contributed by atoms with Gasteiger partial charge >= 0.3 is 0 Å². The van der Waals surface area contributed by atoms with E-state index in [0.29, 0.717) is 33.7 Å². The summed E-state index contributed by atoms with van der Waals surface area (Å²) in [5.41, 5.74) is 12.3.